The van der Waals surface area contributed by atoms with Crippen molar-refractivity contribution >= 4 is 8.60 Å². The van der Waals surface area contributed by atoms with Gasteiger partial charge in [0.15, 0.2) is 13.6 Å². The molecule has 0 amide bonds. The highest BCUT2D eigenvalue weighted by atomic mass is 31.2. The van der Waals surface area contributed by atoms with E-state index >= 15 is 0 Å². The molecule has 0 atom stereocenters. The SMILES string of the molecule is Cc1cc(C(C)(C)C)c(OP2OCOCO2)c(C(C)(C)C)c1. The fourth-order valence-corrected chi connectivity index (χ4v) is 3.19. The molecular formula is C17H27O4P. The summed E-state index contributed by atoms with van der Waals surface area (Å²) in [6.07, 6.45) is 0. The second kappa shape index (κ2) is 6.45. The third kappa shape index (κ3) is 4.20. The Morgan fingerprint density at radius 2 is 1.36 bits per heavy atom. The molecule has 2 rings (SSSR count). The molecule has 0 radical (unpaired) electrons. The van der Waals surface area contributed by atoms with Gasteiger partial charge in [0.05, 0.1) is 0 Å². The van der Waals surface area contributed by atoms with Gasteiger partial charge in [-0.3, -0.25) is 9.05 Å². The van der Waals surface area contributed by atoms with Crippen LogP contribution in [0, 0.1) is 6.92 Å². The van der Waals surface area contributed by atoms with Crippen molar-refractivity contribution in [1.82, 2.24) is 0 Å². The Bertz CT molecular complexity index is 487. The second-order valence-electron chi connectivity index (χ2n) is 7.70. The van der Waals surface area contributed by atoms with E-state index in [1.54, 1.807) is 0 Å². The van der Waals surface area contributed by atoms with E-state index in [0.29, 0.717) is 0 Å². The zero-order valence-electron chi connectivity index (χ0n) is 14.6. The number of aryl methyl sites for hydroxylation is 1. The van der Waals surface area contributed by atoms with Crippen molar-refractivity contribution in [3.8, 4) is 5.75 Å². The van der Waals surface area contributed by atoms with Gasteiger partial charge in [-0.05, 0) is 17.8 Å². The third-order valence-corrected chi connectivity index (χ3v) is 4.46. The van der Waals surface area contributed by atoms with Crippen LogP contribution in [0.1, 0.15) is 58.2 Å². The van der Waals surface area contributed by atoms with Gasteiger partial charge in [0.2, 0.25) is 0 Å². The normalized spacial score (nSPS) is 17.6. The molecule has 0 aromatic heterocycles. The predicted octanol–water partition coefficient (Wildman–Crippen LogP) is 5.17. The lowest BCUT2D eigenvalue weighted by molar-refractivity contribution is -0.101. The van der Waals surface area contributed by atoms with Crippen molar-refractivity contribution in [3.63, 3.8) is 0 Å². The summed E-state index contributed by atoms with van der Waals surface area (Å²) in [6.45, 7) is 15.7. The highest BCUT2D eigenvalue weighted by Gasteiger charge is 2.31. The van der Waals surface area contributed by atoms with Crippen LogP contribution in [0.3, 0.4) is 0 Å². The average molecular weight is 326 g/mol. The Morgan fingerprint density at radius 1 is 0.909 bits per heavy atom. The van der Waals surface area contributed by atoms with Crippen LogP contribution < -0.4 is 4.52 Å². The van der Waals surface area contributed by atoms with Gasteiger partial charge >= 0.3 is 8.60 Å². The standard InChI is InChI=1S/C17H27O4P/c1-12-8-13(16(2,3)4)15(14(9-12)17(5,6)7)21-22-19-10-18-11-20-22/h8-9H,10-11H2,1-7H3. The first-order chi connectivity index (χ1) is 10.1. The lowest BCUT2D eigenvalue weighted by Gasteiger charge is -2.32. The summed E-state index contributed by atoms with van der Waals surface area (Å²) < 4.78 is 22.1. The van der Waals surface area contributed by atoms with E-state index in [1.807, 2.05) is 0 Å². The van der Waals surface area contributed by atoms with Crippen molar-refractivity contribution in [2.45, 2.75) is 59.3 Å². The number of rotatable bonds is 2. The van der Waals surface area contributed by atoms with Crippen LogP contribution in [0.4, 0.5) is 0 Å². The van der Waals surface area contributed by atoms with E-state index in [0.717, 1.165) is 5.75 Å². The zero-order chi connectivity index (χ0) is 16.5. The molecule has 1 aromatic carbocycles. The van der Waals surface area contributed by atoms with Gasteiger partial charge in [-0.1, -0.05) is 59.2 Å². The molecule has 0 spiro atoms. The summed E-state index contributed by atoms with van der Waals surface area (Å²) in [5, 5.41) is 0. The molecule has 0 N–H and O–H groups in total. The number of hydrogen-bond donors (Lipinski definition) is 0. The molecule has 1 aromatic rings. The maximum atomic E-state index is 6.17. The molecule has 1 saturated heterocycles. The number of ether oxygens (including phenoxy) is 1. The first-order valence-corrected chi connectivity index (χ1v) is 8.66. The molecular weight excluding hydrogens is 299 g/mol. The van der Waals surface area contributed by atoms with Gasteiger partial charge in [-0.25, -0.2) is 0 Å². The van der Waals surface area contributed by atoms with E-state index in [4.69, 9.17) is 18.3 Å². The molecule has 1 aliphatic rings. The van der Waals surface area contributed by atoms with E-state index < -0.39 is 8.60 Å². The minimum absolute atomic E-state index is 0.0248. The summed E-state index contributed by atoms with van der Waals surface area (Å²) in [4.78, 5) is 0. The van der Waals surface area contributed by atoms with Gasteiger partial charge in [0.1, 0.15) is 5.75 Å². The first-order valence-electron chi connectivity index (χ1n) is 7.56. The highest BCUT2D eigenvalue weighted by molar-refractivity contribution is 7.42. The molecule has 0 aliphatic carbocycles. The molecule has 5 heteroatoms. The van der Waals surface area contributed by atoms with Gasteiger partial charge in [-0.2, -0.15) is 0 Å². The fourth-order valence-electron chi connectivity index (χ4n) is 2.34. The van der Waals surface area contributed by atoms with Crippen molar-refractivity contribution in [3.05, 3.63) is 28.8 Å². The predicted molar refractivity (Wildman–Crippen MR) is 89.1 cm³/mol. The lowest BCUT2D eigenvalue weighted by atomic mass is 9.78. The minimum atomic E-state index is -1.41. The molecule has 0 saturated carbocycles. The van der Waals surface area contributed by atoms with Gasteiger partial charge in [0.25, 0.3) is 0 Å². The van der Waals surface area contributed by atoms with Gasteiger partial charge < -0.3 is 9.26 Å². The summed E-state index contributed by atoms with van der Waals surface area (Å²) >= 11 is 0. The number of hydrogen-bond acceptors (Lipinski definition) is 4. The quantitative estimate of drug-likeness (QED) is 0.702. The summed E-state index contributed by atoms with van der Waals surface area (Å²) in [5.41, 5.74) is 3.55. The second-order valence-corrected chi connectivity index (χ2v) is 8.85. The molecule has 0 unspecified atom stereocenters. The molecule has 0 bridgehead atoms. The van der Waals surface area contributed by atoms with Gasteiger partial charge in [0, 0.05) is 11.1 Å². The smallest absolute Gasteiger partial charge is 0.401 e. The molecule has 1 aliphatic heterocycles. The summed E-state index contributed by atoms with van der Waals surface area (Å²) in [6, 6.07) is 4.39. The van der Waals surface area contributed by atoms with Crippen LogP contribution in [0.25, 0.3) is 0 Å². The van der Waals surface area contributed by atoms with Crippen LogP contribution in [0.15, 0.2) is 12.1 Å². The molecule has 124 valence electrons. The van der Waals surface area contributed by atoms with Crippen LogP contribution in [-0.2, 0) is 24.6 Å². The van der Waals surface area contributed by atoms with Crippen LogP contribution in [0.2, 0.25) is 0 Å². The Morgan fingerprint density at radius 3 is 1.77 bits per heavy atom. The monoisotopic (exact) mass is 326 g/mol. The Labute approximate surface area is 135 Å². The first kappa shape index (κ1) is 17.7. The Balaban J connectivity index is 2.50. The van der Waals surface area contributed by atoms with Crippen molar-refractivity contribution in [2.24, 2.45) is 0 Å². The van der Waals surface area contributed by atoms with Crippen molar-refractivity contribution in [2.75, 3.05) is 13.6 Å². The van der Waals surface area contributed by atoms with Crippen molar-refractivity contribution in [1.29, 1.82) is 0 Å². The van der Waals surface area contributed by atoms with E-state index in [1.165, 1.54) is 16.7 Å². The largest absolute Gasteiger partial charge is 0.426 e. The number of benzene rings is 1. The lowest BCUT2D eigenvalue weighted by Crippen LogP contribution is -2.20. The molecule has 1 fully saturated rings. The minimum Gasteiger partial charge on any atom is -0.426 e. The average Bonchev–Trinajstić information content (AvgIpc) is 2.39. The summed E-state index contributed by atoms with van der Waals surface area (Å²) in [7, 11) is -1.41. The molecule has 4 nitrogen and oxygen atoms in total. The molecule has 22 heavy (non-hydrogen) atoms. The maximum Gasteiger partial charge on any atom is 0.401 e. The molecule has 1 heterocycles. The van der Waals surface area contributed by atoms with Gasteiger partial charge in [-0.15, -0.1) is 0 Å². The van der Waals surface area contributed by atoms with Crippen LogP contribution in [-0.4, -0.2) is 13.6 Å². The van der Waals surface area contributed by atoms with E-state index in [2.05, 4.69) is 60.6 Å². The Kier molecular flexibility index (Phi) is 5.18. The van der Waals surface area contributed by atoms with Crippen LogP contribution >= 0.6 is 8.60 Å². The topological polar surface area (TPSA) is 36.9 Å². The Hall–Kier alpha value is -0.670. The third-order valence-electron chi connectivity index (χ3n) is 3.50. The van der Waals surface area contributed by atoms with Crippen LogP contribution in [0.5, 0.6) is 5.75 Å². The van der Waals surface area contributed by atoms with E-state index in [9.17, 15) is 0 Å². The zero-order valence-corrected chi connectivity index (χ0v) is 15.5. The fraction of sp³-hybridized carbons (Fsp3) is 0.647. The maximum absolute atomic E-state index is 6.17. The summed E-state index contributed by atoms with van der Waals surface area (Å²) in [5.74, 6) is 0.888. The van der Waals surface area contributed by atoms with Crippen molar-refractivity contribution < 1.29 is 18.3 Å². The highest BCUT2D eigenvalue weighted by Crippen LogP contribution is 2.49. The van der Waals surface area contributed by atoms with E-state index in [-0.39, 0.29) is 24.4 Å².